The van der Waals surface area contributed by atoms with E-state index in [1.165, 1.54) is 18.4 Å². The Kier molecular flexibility index (Phi) is 4.37. The van der Waals surface area contributed by atoms with Crippen molar-refractivity contribution < 1.29 is 18.3 Å². The first kappa shape index (κ1) is 19.4. The molecule has 7 nitrogen and oxygen atoms in total. The molecule has 31 heavy (non-hydrogen) atoms. The van der Waals surface area contributed by atoms with Gasteiger partial charge in [-0.2, -0.15) is 4.98 Å². The summed E-state index contributed by atoms with van der Waals surface area (Å²) in [6.45, 7) is 4.34. The van der Waals surface area contributed by atoms with Crippen LogP contribution in [-0.4, -0.2) is 36.1 Å². The highest BCUT2D eigenvalue weighted by atomic mass is 19.1. The molecule has 1 N–H and O–H groups in total. The maximum Gasteiger partial charge on any atom is 0.306 e. The number of aromatic nitrogens is 5. The number of hydrogen-bond donors (Lipinski definition) is 1. The second-order valence-electron chi connectivity index (χ2n) is 8.26. The van der Waals surface area contributed by atoms with Crippen molar-refractivity contribution in [1.29, 1.82) is 0 Å². The molecular weight excluding hydrogens is 404 g/mol. The summed E-state index contributed by atoms with van der Waals surface area (Å²) in [6, 6.07) is 8.96. The Morgan fingerprint density at radius 1 is 1.13 bits per heavy atom. The third-order valence-electron chi connectivity index (χ3n) is 5.24. The summed E-state index contributed by atoms with van der Waals surface area (Å²) in [6.07, 6.45) is 3.18. The Balaban J connectivity index is 1.71. The van der Waals surface area contributed by atoms with Gasteiger partial charge in [-0.25, -0.2) is 13.5 Å². The SMILES string of the molecule is CC(C)(CO)Cn1nnc2ccc(-c3c(-c4ccc(F)cc4F)nc4occn34)cc21. The van der Waals surface area contributed by atoms with Gasteiger partial charge in [0.05, 0.1) is 17.8 Å². The van der Waals surface area contributed by atoms with Crippen molar-refractivity contribution in [1.82, 2.24) is 24.4 Å². The lowest BCUT2D eigenvalue weighted by Crippen LogP contribution is -2.24. The van der Waals surface area contributed by atoms with E-state index < -0.39 is 11.6 Å². The molecule has 5 aromatic rings. The average molecular weight is 423 g/mol. The van der Waals surface area contributed by atoms with Crippen LogP contribution in [0.25, 0.3) is 39.4 Å². The van der Waals surface area contributed by atoms with Gasteiger partial charge in [-0.1, -0.05) is 25.1 Å². The first-order valence-electron chi connectivity index (χ1n) is 9.72. The van der Waals surface area contributed by atoms with Gasteiger partial charge in [-0.15, -0.1) is 5.10 Å². The van der Waals surface area contributed by atoms with E-state index in [1.54, 1.807) is 15.3 Å². The monoisotopic (exact) mass is 423 g/mol. The lowest BCUT2D eigenvalue weighted by molar-refractivity contribution is 0.137. The van der Waals surface area contributed by atoms with Crippen LogP contribution in [0.1, 0.15) is 13.8 Å². The summed E-state index contributed by atoms with van der Waals surface area (Å²) in [5.74, 6) is -1.07. The number of fused-ring (bicyclic) bond motifs is 2. The van der Waals surface area contributed by atoms with Crippen molar-refractivity contribution in [2.45, 2.75) is 20.4 Å². The molecule has 0 fully saturated rings. The average Bonchev–Trinajstić information content (AvgIpc) is 3.42. The zero-order valence-electron chi connectivity index (χ0n) is 16.9. The van der Waals surface area contributed by atoms with Crippen molar-refractivity contribution in [3.63, 3.8) is 0 Å². The molecule has 0 aliphatic rings. The van der Waals surface area contributed by atoms with Gasteiger partial charge in [0.1, 0.15) is 29.1 Å². The molecule has 3 aromatic heterocycles. The van der Waals surface area contributed by atoms with Crippen LogP contribution in [0.5, 0.6) is 0 Å². The fraction of sp³-hybridized carbons (Fsp3) is 0.227. The molecule has 0 radical (unpaired) electrons. The minimum atomic E-state index is -0.709. The number of nitrogens with zero attached hydrogens (tertiary/aromatic N) is 5. The maximum atomic E-state index is 14.6. The number of aliphatic hydroxyl groups excluding tert-OH is 1. The largest absolute Gasteiger partial charge is 0.432 e. The van der Waals surface area contributed by atoms with Crippen molar-refractivity contribution in [2.24, 2.45) is 5.41 Å². The van der Waals surface area contributed by atoms with E-state index in [-0.39, 0.29) is 17.6 Å². The molecule has 2 aromatic carbocycles. The van der Waals surface area contributed by atoms with E-state index in [0.29, 0.717) is 29.3 Å². The van der Waals surface area contributed by atoms with E-state index in [4.69, 9.17) is 4.42 Å². The molecule has 0 bridgehead atoms. The summed E-state index contributed by atoms with van der Waals surface area (Å²) >= 11 is 0. The van der Waals surface area contributed by atoms with Crippen LogP contribution in [0.15, 0.2) is 53.3 Å². The molecule has 3 heterocycles. The van der Waals surface area contributed by atoms with Crippen molar-refractivity contribution in [3.05, 3.63) is 60.5 Å². The van der Waals surface area contributed by atoms with Crippen LogP contribution in [0.4, 0.5) is 8.78 Å². The summed E-state index contributed by atoms with van der Waals surface area (Å²) in [5.41, 5.74) is 2.93. The Morgan fingerprint density at radius 2 is 1.97 bits per heavy atom. The molecule has 0 saturated heterocycles. The number of hydrogen-bond acceptors (Lipinski definition) is 5. The number of rotatable bonds is 5. The zero-order chi connectivity index (χ0) is 21.8. The van der Waals surface area contributed by atoms with E-state index >= 15 is 0 Å². The Bertz CT molecular complexity index is 1420. The Labute approximate surface area is 175 Å². The Hall–Kier alpha value is -3.59. The van der Waals surface area contributed by atoms with Gasteiger partial charge >= 0.3 is 5.84 Å². The van der Waals surface area contributed by atoms with Crippen LogP contribution in [0.2, 0.25) is 0 Å². The summed E-state index contributed by atoms with van der Waals surface area (Å²) in [4.78, 5) is 4.44. The minimum Gasteiger partial charge on any atom is -0.432 e. The van der Waals surface area contributed by atoms with Gasteiger partial charge in [0.2, 0.25) is 0 Å². The third-order valence-corrected chi connectivity index (χ3v) is 5.24. The van der Waals surface area contributed by atoms with Crippen molar-refractivity contribution >= 4 is 16.9 Å². The molecule has 5 rings (SSSR count). The van der Waals surface area contributed by atoms with E-state index in [0.717, 1.165) is 17.1 Å². The zero-order valence-corrected chi connectivity index (χ0v) is 16.9. The second-order valence-corrected chi connectivity index (χ2v) is 8.26. The number of imidazole rings is 1. The molecule has 0 saturated carbocycles. The fourth-order valence-corrected chi connectivity index (χ4v) is 3.62. The highest BCUT2D eigenvalue weighted by Crippen LogP contribution is 2.36. The molecule has 158 valence electrons. The Morgan fingerprint density at radius 3 is 2.74 bits per heavy atom. The van der Waals surface area contributed by atoms with E-state index in [1.807, 2.05) is 32.0 Å². The number of benzene rings is 2. The lowest BCUT2D eigenvalue weighted by Gasteiger charge is -2.21. The van der Waals surface area contributed by atoms with Gasteiger partial charge in [-0.05, 0) is 24.3 Å². The highest BCUT2D eigenvalue weighted by molar-refractivity contribution is 5.87. The van der Waals surface area contributed by atoms with E-state index in [2.05, 4.69) is 15.3 Å². The van der Waals surface area contributed by atoms with Crippen molar-refractivity contribution in [2.75, 3.05) is 6.61 Å². The minimum absolute atomic E-state index is 0.000298. The quantitative estimate of drug-likeness (QED) is 0.456. The first-order chi connectivity index (χ1) is 14.9. The smallest absolute Gasteiger partial charge is 0.306 e. The molecule has 0 aliphatic carbocycles. The van der Waals surface area contributed by atoms with Gasteiger partial charge in [0.15, 0.2) is 0 Å². The predicted molar refractivity (Wildman–Crippen MR) is 110 cm³/mol. The third kappa shape index (κ3) is 3.27. The van der Waals surface area contributed by atoms with Gasteiger partial charge < -0.3 is 9.52 Å². The first-order valence-corrected chi connectivity index (χ1v) is 9.72. The normalized spacial score (nSPS) is 12.3. The van der Waals surface area contributed by atoms with Crippen LogP contribution in [0, 0.1) is 17.0 Å². The highest BCUT2D eigenvalue weighted by Gasteiger charge is 2.23. The molecule has 0 atom stereocenters. The van der Waals surface area contributed by atoms with Crippen LogP contribution in [0.3, 0.4) is 0 Å². The molecule has 0 spiro atoms. The molecule has 0 aliphatic heterocycles. The van der Waals surface area contributed by atoms with Gasteiger partial charge in [0.25, 0.3) is 0 Å². The number of oxazole rings is 1. The summed E-state index contributed by atoms with van der Waals surface area (Å²) < 4.78 is 36.9. The number of aliphatic hydroxyl groups is 1. The maximum absolute atomic E-state index is 14.6. The standard InChI is InChI=1S/C22H19F2N5O2/c1-22(2,12-30)11-29-18-9-13(3-6-17(18)26-27-29)20-19(25-21-28(20)7-8-31-21)15-5-4-14(23)10-16(15)24/h3-10,30H,11-12H2,1-2H3. The van der Waals surface area contributed by atoms with Gasteiger partial charge in [0, 0.05) is 35.4 Å². The summed E-state index contributed by atoms with van der Waals surface area (Å²) in [5, 5.41) is 18.1. The summed E-state index contributed by atoms with van der Waals surface area (Å²) in [7, 11) is 0. The van der Waals surface area contributed by atoms with Crippen LogP contribution >= 0.6 is 0 Å². The molecule has 0 unspecified atom stereocenters. The van der Waals surface area contributed by atoms with Crippen LogP contribution in [-0.2, 0) is 6.54 Å². The van der Waals surface area contributed by atoms with E-state index in [9.17, 15) is 13.9 Å². The topological polar surface area (TPSA) is 81.4 Å². The molecule has 9 heteroatoms. The molecular formula is C22H19F2N5O2. The number of halogens is 2. The van der Waals surface area contributed by atoms with Gasteiger partial charge in [-0.3, -0.25) is 4.40 Å². The fourth-order valence-electron chi connectivity index (χ4n) is 3.62. The second kappa shape index (κ2) is 6.98. The molecule has 0 amide bonds. The predicted octanol–water partition coefficient (Wildman–Crippen LogP) is 4.30. The van der Waals surface area contributed by atoms with Crippen LogP contribution < -0.4 is 0 Å². The van der Waals surface area contributed by atoms with Crippen molar-refractivity contribution in [3.8, 4) is 22.5 Å². The lowest BCUT2D eigenvalue weighted by atomic mass is 9.95.